The van der Waals surface area contributed by atoms with Crippen LogP contribution in [0.25, 0.3) is 11.3 Å². The number of anilines is 1. The molecular formula is C26H32N2O2S. The number of ether oxygens (including phenoxy) is 1. The van der Waals surface area contributed by atoms with E-state index in [1.54, 1.807) is 0 Å². The lowest BCUT2D eigenvalue weighted by Gasteiger charge is -2.23. The van der Waals surface area contributed by atoms with Gasteiger partial charge in [-0.2, -0.15) is 0 Å². The monoisotopic (exact) mass is 436 g/mol. The summed E-state index contributed by atoms with van der Waals surface area (Å²) in [4.78, 5) is 16.8. The van der Waals surface area contributed by atoms with Crippen LogP contribution in [-0.2, 0) is 10.2 Å². The number of hydrogen-bond acceptors (Lipinski definition) is 4. The minimum absolute atomic E-state index is 0.0374. The zero-order valence-corrected chi connectivity index (χ0v) is 19.9. The lowest BCUT2D eigenvalue weighted by molar-refractivity contribution is -0.116. The number of nitrogens with one attached hydrogen (secondary N) is 1. The molecular weight excluding hydrogens is 404 g/mol. The molecule has 1 aromatic heterocycles. The van der Waals surface area contributed by atoms with E-state index in [9.17, 15) is 4.79 Å². The molecule has 0 aliphatic heterocycles. The predicted molar refractivity (Wildman–Crippen MR) is 130 cm³/mol. The molecule has 3 aromatic rings. The second kappa shape index (κ2) is 10.1. The molecule has 0 spiro atoms. The van der Waals surface area contributed by atoms with Crippen molar-refractivity contribution in [1.29, 1.82) is 0 Å². The molecule has 0 aliphatic rings. The van der Waals surface area contributed by atoms with Gasteiger partial charge in [-0.05, 0) is 67.0 Å². The van der Waals surface area contributed by atoms with Crippen LogP contribution in [0.3, 0.4) is 0 Å². The maximum absolute atomic E-state index is 12.3. The lowest BCUT2D eigenvalue weighted by atomic mass is 9.82. The quantitative estimate of drug-likeness (QED) is 0.371. The number of benzene rings is 2. The number of hydrogen-bond donors (Lipinski definition) is 1. The van der Waals surface area contributed by atoms with E-state index in [-0.39, 0.29) is 11.3 Å². The van der Waals surface area contributed by atoms with Crippen LogP contribution in [0.15, 0.2) is 47.8 Å². The first-order valence-electron chi connectivity index (χ1n) is 10.8. The van der Waals surface area contributed by atoms with Crippen molar-refractivity contribution >= 4 is 22.4 Å². The average molecular weight is 437 g/mol. The molecule has 4 nitrogen and oxygen atoms in total. The highest BCUT2D eigenvalue weighted by atomic mass is 32.1. The molecule has 0 bridgehead atoms. The Morgan fingerprint density at radius 1 is 1.10 bits per heavy atom. The Labute approximate surface area is 189 Å². The van der Waals surface area contributed by atoms with E-state index in [4.69, 9.17) is 4.74 Å². The van der Waals surface area contributed by atoms with Crippen LogP contribution in [0.4, 0.5) is 5.13 Å². The highest BCUT2D eigenvalue weighted by molar-refractivity contribution is 7.14. The fourth-order valence-corrected chi connectivity index (χ4v) is 3.91. The van der Waals surface area contributed by atoms with E-state index < -0.39 is 0 Å². The largest absolute Gasteiger partial charge is 0.494 e. The summed E-state index contributed by atoms with van der Waals surface area (Å²) in [5, 5.41) is 5.51. The normalized spacial score (nSPS) is 11.4. The van der Waals surface area contributed by atoms with Crippen LogP contribution >= 0.6 is 11.3 Å². The highest BCUT2D eigenvalue weighted by Gasteiger charge is 2.17. The van der Waals surface area contributed by atoms with E-state index in [1.165, 1.54) is 28.0 Å². The highest BCUT2D eigenvalue weighted by Crippen LogP contribution is 2.28. The van der Waals surface area contributed by atoms with E-state index in [1.807, 2.05) is 17.5 Å². The van der Waals surface area contributed by atoms with Crippen molar-refractivity contribution in [3.05, 3.63) is 64.5 Å². The minimum Gasteiger partial charge on any atom is -0.494 e. The number of rotatable bonds is 9. The van der Waals surface area contributed by atoms with Crippen molar-refractivity contribution in [2.75, 3.05) is 11.9 Å². The van der Waals surface area contributed by atoms with Crippen LogP contribution in [0.2, 0.25) is 0 Å². The van der Waals surface area contributed by atoms with Crippen molar-refractivity contribution in [2.45, 2.75) is 59.3 Å². The fraction of sp³-hybridized carbons (Fsp3) is 0.385. The summed E-state index contributed by atoms with van der Waals surface area (Å²) < 4.78 is 5.80. The Balaban J connectivity index is 1.44. The van der Waals surface area contributed by atoms with Crippen molar-refractivity contribution in [3.63, 3.8) is 0 Å². The molecule has 31 heavy (non-hydrogen) atoms. The van der Waals surface area contributed by atoms with Gasteiger partial charge in [0.25, 0.3) is 0 Å². The molecule has 0 atom stereocenters. The second-order valence-electron chi connectivity index (χ2n) is 8.60. The number of amides is 1. The summed E-state index contributed by atoms with van der Waals surface area (Å²) in [7, 11) is 0. The number of carbonyl (C=O) groups excluding carboxylic acids is 1. The zero-order valence-electron chi connectivity index (χ0n) is 19.1. The minimum atomic E-state index is -0.0374. The third kappa shape index (κ3) is 6.17. The Morgan fingerprint density at radius 3 is 2.52 bits per heavy atom. The second-order valence-corrected chi connectivity index (χ2v) is 9.46. The molecule has 0 saturated heterocycles. The topological polar surface area (TPSA) is 51.2 Å². The lowest BCUT2D eigenvalue weighted by Crippen LogP contribution is -2.15. The maximum atomic E-state index is 12.3. The number of aromatic nitrogens is 1. The number of thiazole rings is 1. The first-order valence-corrected chi connectivity index (χ1v) is 11.7. The molecule has 2 aromatic carbocycles. The third-order valence-electron chi connectivity index (χ3n) is 5.89. The average Bonchev–Trinajstić information content (AvgIpc) is 3.22. The van der Waals surface area contributed by atoms with Gasteiger partial charge < -0.3 is 10.1 Å². The van der Waals surface area contributed by atoms with Gasteiger partial charge in [0.15, 0.2) is 5.13 Å². The molecule has 1 N–H and O–H groups in total. The Morgan fingerprint density at radius 2 is 1.84 bits per heavy atom. The Hall–Kier alpha value is -2.66. The summed E-state index contributed by atoms with van der Waals surface area (Å²) in [6.45, 7) is 11.4. The van der Waals surface area contributed by atoms with Gasteiger partial charge in [0.2, 0.25) is 5.91 Å². The standard InChI is InChI=1S/C26H32N2O2S/c1-6-26(4,5)21-11-13-22(14-12-21)30-15-7-8-24(29)28-25-27-23(17-31-25)20-10-9-18(2)19(3)16-20/h9-14,16-17H,6-8,15H2,1-5H3,(H,27,28,29). The Kier molecular flexibility index (Phi) is 7.50. The van der Waals surface area contributed by atoms with Gasteiger partial charge >= 0.3 is 0 Å². The van der Waals surface area contributed by atoms with E-state index in [0.29, 0.717) is 24.6 Å². The maximum Gasteiger partial charge on any atom is 0.226 e. The summed E-state index contributed by atoms with van der Waals surface area (Å²) in [5.74, 6) is 0.804. The van der Waals surface area contributed by atoms with Crippen molar-refractivity contribution in [2.24, 2.45) is 0 Å². The smallest absolute Gasteiger partial charge is 0.226 e. The summed E-state index contributed by atoms with van der Waals surface area (Å²) in [6, 6.07) is 14.6. The SMILES string of the molecule is CCC(C)(C)c1ccc(OCCCC(=O)Nc2nc(-c3ccc(C)c(C)c3)cs2)cc1. The van der Waals surface area contributed by atoms with Gasteiger partial charge in [-0.1, -0.05) is 45.0 Å². The molecule has 1 heterocycles. The van der Waals surface area contributed by atoms with E-state index in [2.05, 4.69) is 75.3 Å². The van der Waals surface area contributed by atoms with E-state index in [0.717, 1.165) is 23.4 Å². The molecule has 3 rings (SSSR count). The van der Waals surface area contributed by atoms with Crippen LogP contribution in [0, 0.1) is 13.8 Å². The van der Waals surface area contributed by atoms with Crippen LogP contribution in [0.1, 0.15) is 56.7 Å². The van der Waals surface area contributed by atoms with Gasteiger partial charge in [0.05, 0.1) is 12.3 Å². The van der Waals surface area contributed by atoms with Crippen molar-refractivity contribution in [1.82, 2.24) is 4.98 Å². The first-order chi connectivity index (χ1) is 14.8. The number of nitrogens with zero attached hydrogens (tertiary/aromatic N) is 1. The zero-order chi connectivity index (χ0) is 22.4. The summed E-state index contributed by atoms with van der Waals surface area (Å²) in [5.41, 5.74) is 5.94. The first kappa shape index (κ1) is 23.0. The molecule has 0 radical (unpaired) electrons. The third-order valence-corrected chi connectivity index (χ3v) is 6.65. The molecule has 5 heteroatoms. The Bertz CT molecular complexity index is 1020. The van der Waals surface area contributed by atoms with Crippen molar-refractivity contribution < 1.29 is 9.53 Å². The molecule has 0 unspecified atom stereocenters. The molecule has 164 valence electrons. The molecule has 0 aliphatic carbocycles. The van der Waals surface area contributed by atoms with Gasteiger partial charge in [0.1, 0.15) is 5.75 Å². The predicted octanol–water partition coefficient (Wildman–Crippen LogP) is 6.91. The molecule has 1 amide bonds. The van der Waals surface area contributed by atoms with Gasteiger partial charge in [-0.25, -0.2) is 4.98 Å². The van der Waals surface area contributed by atoms with E-state index >= 15 is 0 Å². The summed E-state index contributed by atoms with van der Waals surface area (Å²) in [6.07, 6.45) is 2.15. The number of aryl methyl sites for hydroxylation is 2. The number of carbonyl (C=O) groups is 1. The van der Waals surface area contributed by atoms with Gasteiger partial charge in [-0.3, -0.25) is 4.79 Å². The molecule has 0 fully saturated rings. The van der Waals surface area contributed by atoms with Crippen LogP contribution < -0.4 is 10.1 Å². The summed E-state index contributed by atoms with van der Waals surface area (Å²) >= 11 is 1.45. The molecule has 0 saturated carbocycles. The fourth-order valence-electron chi connectivity index (χ4n) is 3.18. The van der Waals surface area contributed by atoms with Crippen molar-refractivity contribution in [3.8, 4) is 17.0 Å². The van der Waals surface area contributed by atoms with Crippen LogP contribution in [-0.4, -0.2) is 17.5 Å². The van der Waals surface area contributed by atoms with Gasteiger partial charge in [-0.15, -0.1) is 11.3 Å². The van der Waals surface area contributed by atoms with Crippen LogP contribution in [0.5, 0.6) is 5.75 Å². The van der Waals surface area contributed by atoms with Gasteiger partial charge in [0, 0.05) is 17.4 Å².